The molecule has 11 heteroatoms. The summed E-state index contributed by atoms with van der Waals surface area (Å²) in [6, 6.07) is 0. The van der Waals surface area contributed by atoms with Crippen LogP contribution in [0.5, 0.6) is 0 Å². The van der Waals surface area contributed by atoms with E-state index in [0.717, 1.165) is 60.7 Å². The first kappa shape index (κ1) is 53.6. The molecule has 0 aromatic rings. The van der Waals surface area contributed by atoms with E-state index >= 15 is 0 Å². The van der Waals surface area contributed by atoms with Gasteiger partial charge in [0.15, 0.2) is 0 Å². The van der Waals surface area contributed by atoms with Crippen LogP contribution >= 0.6 is 0 Å². The van der Waals surface area contributed by atoms with Gasteiger partial charge in [0.05, 0.1) is 0 Å². The van der Waals surface area contributed by atoms with Gasteiger partial charge in [0.1, 0.15) is 22.9 Å². The number of unbranched alkanes of at least 4 members (excludes halogenated alkanes) is 2. The molecule has 0 aromatic heterocycles. The SMILES string of the molecule is CC(C)CCC[C@@H](C)[C@H]1CC[C@@H]2[C@@H]1CC[C@H]1[C@H]2CC=C2C[C@@H](OC(=O)NCCCN(CCCCN(CCCCC(=O)OC(C)(C)C)C(=O)OC(C)(C)C)C(=O)OC(C)(C)C)CC[C@@]21C. The van der Waals surface area contributed by atoms with E-state index in [1.807, 2.05) is 62.3 Å². The van der Waals surface area contributed by atoms with Crippen LogP contribution in [0.2, 0.25) is 0 Å². The zero-order chi connectivity index (χ0) is 47.5. The summed E-state index contributed by atoms with van der Waals surface area (Å²) >= 11 is 0. The van der Waals surface area contributed by atoms with Crippen LogP contribution in [0.25, 0.3) is 0 Å². The fourth-order valence-electron chi connectivity index (χ4n) is 11.7. The number of carbonyl (C=O) groups excluding carboxylic acids is 4. The lowest BCUT2D eigenvalue weighted by Gasteiger charge is -2.55. The second-order valence-electron chi connectivity index (χ2n) is 23.8. The predicted octanol–water partition coefficient (Wildman–Crippen LogP) is 12.9. The van der Waals surface area contributed by atoms with Crippen molar-refractivity contribution in [3.8, 4) is 0 Å². The van der Waals surface area contributed by atoms with Crippen LogP contribution in [0.3, 0.4) is 0 Å². The van der Waals surface area contributed by atoms with Crippen molar-refractivity contribution in [3.63, 3.8) is 0 Å². The number of alkyl carbamates (subject to hydrolysis) is 1. The smallest absolute Gasteiger partial charge is 0.410 e. The van der Waals surface area contributed by atoms with Gasteiger partial charge in [-0.3, -0.25) is 4.79 Å². The number of hydrogen-bond donors (Lipinski definition) is 1. The van der Waals surface area contributed by atoms with Crippen molar-refractivity contribution < 1.29 is 38.1 Å². The number of amides is 3. The molecule has 0 heterocycles. The highest BCUT2D eigenvalue weighted by Gasteiger charge is 2.55. The molecule has 3 amide bonds. The normalized spacial score (nSPS) is 26.1. The largest absolute Gasteiger partial charge is 0.460 e. The number of nitrogens with one attached hydrogen (secondary N) is 1. The fraction of sp³-hybridized carbons (Fsp3) is 0.887. The molecule has 0 aromatic carbocycles. The molecule has 11 nitrogen and oxygen atoms in total. The van der Waals surface area contributed by atoms with Gasteiger partial charge in [0.25, 0.3) is 0 Å². The van der Waals surface area contributed by atoms with Gasteiger partial charge in [0.2, 0.25) is 0 Å². The topological polar surface area (TPSA) is 124 Å². The molecule has 0 saturated heterocycles. The Kier molecular flexibility index (Phi) is 19.8. The average Bonchev–Trinajstić information content (AvgIpc) is 3.61. The van der Waals surface area contributed by atoms with Crippen molar-refractivity contribution in [2.24, 2.45) is 46.8 Å². The third kappa shape index (κ3) is 17.0. The number of allylic oxidation sites excluding steroid dienone is 1. The molecule has 0 aliphatic heterocycles. The first-order chi connectivity index (χ1) is 29.8. The molecule has 368 valence electrons. The minimum absolute atomic E-state index is 0.113. The number of hydrogen-bond acceptors (Lipinski definition) is 8. The van der Waals surface area contributed by atoms with Crippen LogP contribution in [-0.2, 0) is 23.7 Å². The molecule has 0 unspecified atom stereocenters. The van der Waals surface area contributed by atoms with Gasteiger partial charge in [-0.25, -0.2) is 14.4 Å². The van der Waals surface area contributed by atoms with Crippen LogP contribution in [-0.4, -0.2) is 89.7 Å². The molecule has 0 radical (unpaired) electrons. The molecular weight excluding hydrogens is 807 g/mol. The average molecular weight is 900 g/mol. The highest BCUT2D eigenvalue weighted by atomic mass is 16.6. The van der Waals surface area contributed by atoms with Gasteiger partial charge in [-0.05, 0) is 186 Å². The molecular formula is C53H93N3O8. The van der Waals surface area contributed by atoms with Crippen LogP contribution < -0.4 is 5.32 Å². The van der Waals surface area contributed by atoms with Crippen molar-refractivity contribution >= 4 is 24.2 Å². The molecule has 0 spiro atoms. The molecule has 3 saturated carbocycles. The van der Waals surface area contributed by atoms with Gasteiger partial charge in [-0.2, -0.15) is 0 Å². The van der Waals surface area contributed by atoms with Gasteiger partial charge in [-0.1, -0.05) is 58.6 Å². The van der Waals surface area contributed by atoms with E-state index in [-0.39, 0.29) is 30.0 Å². The number of ether oxygens (including phenoxy) is 4. The van der Waals surface area contributed by atoms with Crippen molar-refractivity contribution in [1.82, 2.24) is 15.1 Å². The van der Waals surface area contributed by atoms with E-state index in [9.17, 15) is 19.2 Å². The molecule has 4 aliphatic carbocycles. The van der Waals surface area contributed by atoms with Crippen LogP contribution in [0, 0.1) is 46.8 Å². The zero-order valence-electron chi connectivity index (χ0n) is 42.9. The minimum Gasteiger partial charge on any atom is -0.460 e. The van der Waals surface area contributed by atoms with Crippen LogP contribution in [0.15, 0.2) is 11.6 Å². The van der Waals surface area contributed by atoms with Gasteiger partial charge in [-0.15, -0.1) is 0 Å². The van der Waals surface area contributed by atoms with E-state index in [1.165, 1.54) is 56.9 Å². The third-order valence-corrected chi connectivity index (χ3v) is 14.6. The Labute approximate surface area is 389 Å². The van der Waals surface area contributed by atoms with Crippen molar-refractivity contribution in [2.75, 3.05) is 32.7 Å². The van der Waals surface area contributed by atoms with E-state index in [1.54, 1.807) is 9.80 Å². The summed E-state index contributed by atoms with van der Waals surface area (Å²) in [6.07, 6.45) is 18.4. The first-order valence-corrected chi connectivity index (χ1v) is 25.7. The molecule has 1 N–H and O–H groups in total. The maximum Gasteiger partial charge on any atom is 0.410 e. The van der Waals surface area contributed by atoms with Gasteiger partial charge in [0, 0.05) is 45.6 Å². The maximum absolute atomic E-state index is 13.3. The monoisotopic (exact) mass is 900 g/mol. The summed E-state index contributed by atoms with van der Waals surface area (Å²) in [6.45, 7) is 28.5. The highest BCUT2D eigenvalue weighted by molar-refractivity contribution is 5.70. The molecule has 64 heavy (non-hydrogen) atoms. The van der Waals surface area contributed by atoms with Gasteiger partial charge < -0.3 is 34.1 Å². The number of carbonyl (C=O) groups is 4. The zero-order valence-corrected chi connectivity index (χ0v) is 42.9. The Morgan fingerprint density at radius 1 is 0.688 bits per heavy atom. The predicted molar refractivity (Wildman–Crippen MR) is 256 cm³/mol. The molecule has 4 rings (SSSR count). The molecule has 8 atom stereocenters. The molecule has 4 aliphatic rings. The third-order valence-electron chi connectivity index (χ3n) is 14.6. The summed E-state index contributed by atoms with van der Waals surface area (Å²) in [5.74, 6) is 5.66. The Hall–Kier alpha value is -2.98. The van der Waals surface area contributed by atoms with Gasteiger partial charge >= 0.3 is 24.2 Å². The summed E-state index contributed by atoms with van der Waals surface area (Å²) in [5.41, 5.74) is -0.0885. The van der Waals surface area contributed by atoms with Crippen LogP contribution in [0.1, 0.15) is 199 Å². The summed E-state index contributed by atoms with van der Waals surface area (Å²) < 4.78 is 22.9. The van der Waals surface area contributed by atoms with Crippen LogP contribution in [0.4, 0.5) is 14.4 Å². The van der Waals surface area contributed by atoms with Crippen molar-refractivity contribution in [2.45, 2.75) is 222 Å². The maximum atomic E-state index is 13.3. The summed E-state index contributed by atoms with van der Waals surface area (Å²) in [5, 5.41) is 2.96. The first-order valence-electron chi connectivity index (χ1n) is 25.7. The van der Waals surface area contributed by atoms with Crippen molar-refractivity contribution in [3.05, 3.63) is 11.6 Å². The van der Waals surface area contributed by atoms with Crippen molar-refractivity contribution in [1.29, 1.82) is 0 Å². The minimum atomic E-state index is -0.653. The number of nitrogens with zero attached hydrogens (tertiary/aromatic N) is 2. The van der Waals surface area contributed by atoms with E-state index in [0.29, 0.717) is 64.8 Å². The molecule has 3 fully saturated rings. The number of rotatable bonds is 20. The lowest BCUT2D eigenvalue weighted by Crippen LogP contribution is -2.48. The Morgan fingerprint density at radius 2 is 1.25 bits per heavy atom. The second-order valence-corrected chi connectivity index (χ2v) is 23.8. The van der Waals surface area contributed by atoms with E-state index in [2.05, 4.69) is 39.1 Å². The second kappa shape index (κ2) is 23.7. The highest BCUT2D eigenvalue weighted by Crippen LogP contribution is 2.63. The van der Waals surface area contributed by atoms with E-state index in [4.69, 9.17) is 18.9 Å². The fourth-order valence-corrected chi connectivity index (χ4v) is 11.7. The summed E-state index contributed by atoms with van der Waals surface area (Å²) in [4.78, 5) is 55.1. The Balaban J connectivity index is 1.22. The van der Waals surface area contributed by atoms with E-state index < -0.39 is 29.0 Å². The quantitative estimate of drug-likeness (QED) is 0.0554. The standard InChI is InChI=1S/C53H93N3O8/c1-37(2)20-18-21-38(3)41-25-26-43-42(41)27-28-45-44(43)24-23-39-36-40(29-30-53(39,45)13)61-47(58)54-31-19-35-56(49(60)64-52(10,11)12)34-17-16-33-55(48(59)63-51(7,8)9)32-15-14-22-46(57)62-50(4,5)6/h23,37-38,40-45H,14-22,24-36H2,1-13H3,(H,54,58)/t38-,40+,41-,42-,43-,44+,45+,53+/m1/s1. The molecule has 0 bridgehead atoms. The number of fused-ring (bicyclic) bond motifs is 5. The lowest BCUT2D eigenvalue weighted by molar-refractivity contribution is -0.154. The lowest BCUT2D eigenvalue weighted by atomic mass is 9.50. The summed E-state index contributed by atoms with van der Waals surface area (Å²) in [7, 11) is 0. The Bertz CT molecular complexity index is 1540. The Morgan fingerprint density at radius 3 is 1.83 bits per heavy atom. The number of esters is 1.